The lowest BCUT2D eigenvalue weighted by Crippen LogP contribution is -2.07. The fourth-order valence-electron chi connectivity index (χ4n) is 1.28. The van der Waals surface area contributed by atoms with E-state index in [0.29, 0.717) is 11.8 Å². The smallest absolute Gasteiger partial charge is 0.298 e. The minimum Gasteiger partial charge on any atom is -0.298 e. The average Bonchev–Trinajstić information content (AvgIpc) is 2.58. The third kappa shape index (κ3) is 1.64. The van der Waals surface area contributed by atoms with Crippen LogP contribution in [0.1, 0.15) is 21.7 Å². The monoisotopic (exact) mass is 229 g/mol. The molecule has 2 heterocycles. The summed E-state index contributed by atoms with van der Waals surface area (Å²) in [5.74, 6) is -1.21. The van der Waals surface area contributed by atoms with E-state index in [1.54, 1.807) is 6.92 Å². The standard InChI is InChI=1S/C9H6F3N3O/c1-5-2-7-13-8(9(10,11)12)14-15(7)3-6(5)4-16/h2-4H,1H3. The number of pyridine rings is 1. The van der Waals surface area contributed by atoms with Crippen LogP contribution < -0.4 is 0 Å². The van der Waals surface area contributed by atoms with Crippen LogP contribution >= 0.6 is 0 Å². The number of carbonyl (C=O) groups excluding carboxylic acids is 1. The Labute approximate surface area is 87.7 Å². The molecule has 0 aliphatic carbocycles. The predicted molar refractivity (Wildman–Crippen MR) is 48.1 cm³/mol. The van der Waals surface area contributed by atoms with Crippen LogP contribution in [-0.4, -0.2) is 20.9 Å². The quantitative estimate of drug-likeness (QED) is 0.701. The number of rotatable bonds is 1. The first-order valence-corrected chi connectivity index (χ1v) is 4.31. The largest absolute Gasteiger partial charge is 0.453 e. The Balaban J connectivity index is 2.67. The summed E-state index contributed by atoms with van der Waals surface area (Å²) in [4.78, 5) is 13.9. The van der Waals surface area contributed by atoms with Gasteiger partial charge in [-0.25, -0.2) is 9.50 Å². The summed E-state index contributed by atoms with van der Waals surface area (Å²) >= 11 is 0. The van der Waals surface area contributed by atoms with E-state index >= 15 is 0 Å². The van der Waals surface area contributed by atoms with Crippen molar-refractivity contribution in [3.8, 4) is 0 Å². The van der Waals surface area contributed by atoms with Crippen LogP contribution in [0.4, 0.5) is 13.2 Å². The van der Waals surface area contributed by atoms with Gasteiger partial charge in [0.1, 0.15) is 0 Å². The molecule has 0 spiro atoms. The maximum absolute atomic E-state index is 12.3. The summed E-state index contributed by atoms with van der Waals surface area (Å²) in [5.41, 5.74) is 0.908. The van der Waals surface area contributed by atoms with Crippen LogP contribution in [0.5, 0.6) is 0 Å². The Hall–Kier alpha value is -1.92. The number of hydrogen-bond donors (Lipinski definition) is 0. The van der Waals surface area contributed by atoms with Gasteiger partial charge in [0.15, 0.2) is 11.9 Å². The van der Waals surface area contributed by atoms with E-state index in [1.807, 2.05) is 0 Å². The first-order valence-electron chi connectivity index (χ1n) is 4.31. The molecule has 0 bridgehead atoms. The molecule has 0 radical (unpaired) electrons. The van der Waals surface area contributed by atoms with E-state index in [2.05, 4.69) is 10.1 Å². The molecule has 0 amide bonds. The van der Waals surface area contributed by atoms with E-state index in [9.17, 15) is 18.0 Å². The number of carbonyl (C=O) groups is 1. The van der Waals surface area contributed by atoms with Gasteiger partial charge >= 0.3 is 6.18 Å². The van der Waals surface area contributed by atoms with Crippen molar-refractivity contribution in [3.05, 3.63) is 29.2 Å². The zero-order valence-corrected chi connectivity index (χ0v) is 8.12. The predicted octanol–water partition coefficient (Wildman–Crippen LogP) is 1.87. The first-order chi connectivity index (χ1) is 7.41. The molecule has 2 aromatic heterocycles. The molecule has 0 atom stereocenters. The lowest BCUT2D eigenvalue weighted by molar-refractivity contribution is -0.144. The topological polar surface area (TPSA) is 47.3 Å². The molecule has 4 nitrogen and oxygen atoms in total. The Morgan fingerprint density at radius 1 is 1.44 bits per heavy atom. The molecule has 0 saturated heterocycles. The van der Waals surface area contributed by atoms with Crippen molar-refractivity contribution in [2.75, 3.05) is 0 Å². The second-order valence-corrected chi connectivity index (χ2v) is 3.27. The molecule has 7 heteroatoms. The number of aryl methyl sites for hydroxylation is 1. The van der Waals surface area contributed by atoms with Crippen molar-refractivity contribution in [3.63, 3.8) is 0 Å². The van der Waals surface area contributed by atoms with Crippen molar-refractivity contribution in [2.24, 2.45) is 0 Å². The fraction of sp³-hybridized carbons (Fsp3) is 0.222. The highest BCUT2D eigenvalue weighted by atomic mass is 19.4. The van der Waals surface area contributed by atoms with Gasteiger partial charge in [-0.2, -0.15) is 13.2 Å². The number of nitrogens with zero attached hydrogens (tertiary/aromatic N) is 3. The zero-order chi connectivity index (χ0) is 11.9. The van der Waals surface area contributed by atoms with Crippen LogP contribution in [-0.2, 0) is 6.18 Å². The van der Waals surface area contributed by atoms with Crippen LogP contribution in [0, 0.1) is 6.92 Å². The minimum atomic E-state index is -4.58. The fourth-order valence-corrected chi connectivity index (χ4v) is 1.28. The van der Waals surface area contributed by atoms with E-state index in [-0.39, 0.29) is 11.2 Å². The second kappa shape index (κ2) is 3.29. The number of alkyl halides is 3. The van der Waals surface area contributed by atoms with Crippen molar-refractivity contribution in [1.82, 2.24) is 14.6 Å². The molecule has 16 heavy (non-hydrogen) atoms. The van der Waals surface area contributed by atoms with Gasteiger partial charge in [-0.3, -0.25) is 4.79 Å². The van der Waals surface area contributed by atoms with Gasteiger partial charge in [-0.15, -0.1) is 5.10 Å². The molecule has 0 aromatic carbocycles. The molecular weight excluding hydrogens is 223 g/mol. The minimum absolute atomic E-state index is 0.0652. The summed E-state index contributed by atoms with van der Waals surface area (Å²) in [6.45, 7) is 1.62. The first kappa shape index (κ1) is 10.6. The molecular formula is C9H6F3N3O. The highest BCUT2D eigenvalue weighted by Gasteiger charge is 2.36. The summed E-state index contributed by atoms with van der Waals surface area (Å²) in [6, 6.07) is 1.38. The number of fused-ring (bicyclic) bond motifs is 1. The summed E-state index contributed by atoms with van der Waals surface area (Å²) < 4.78 is 37.8. The normalized spacial score (nSPS) is 12.0. The molecule has 0 aliphatic heterocycles. The highest BCUT2D eigenvalue weighted by Crippen LogP contribution is 2.26. The molecule has 0 saturated carbocycles. The Kier molecular flexibility index (Phi) is 2.18. The average molecular weight is 229 g/mol. The van der Waals surface area contributed by atoms with E-state index in [1.165, 1.54) is 12.3 Å². The van der Waals surface area contributed by atoms with Crippen molar-refractivity contribution >= 4 is 11.9 Å². The third-order valence-electron chi connectivity index (χ3n) is 2.10. The van der Waals surface area contributed by atoms with Crippen molar-refractivity contribution in [1.29, 1.82) is 0 Å². The molecule has 2 aromatic rings. The van der Waals surface area contributed by atoms with Gasteiger partial charge in [-0.1, -0.05) is 0 Å². The lowest BCUT2D eigenvalue weighted by atomic mass is 10.2. The van der Waals surface area contributed by atoms with Gasteiger partial charge in [0, 0.05) is 11.8 Å². The summed E-state index contributed by atoms with van der Waals surface area (Å²) in [5, 5.41) is 3.26. The molecule has 0 fully saturated rings. The number of aromatic nitrogens is 3. The maximum atomic E-state index is 12.3. The van der Waals surface area contributed by atoms with Gasteiger partial charge in [0.25, 0.3) is 5.82 Å². The number of aldehydes is 1. The van der Waals surface area contributed by atoms with Gasteiger partial charge in [-0.05, 0) is 18.6 Å². The highest BCUT2D eigenvalue weighted by molar-refractivity contribution is 5.77. The Bertz CT molecular complexity index is 559. The van der Waals surface area contributed by atoms with Gasteiger partial charge in [0.05, 0.1) is 0 Å². The maximum Gasteiger partial charge on any atom is 0.453 e. The van der Waals surface area contributed by atoms with E-state index in [4.69, 9.17) is 0 Å². The second-order valence-electron chi connectivity index (χ2n) is 3.27. The van der Waals surface area contributed by atoms with Crippen LogP contribution in [0.2, 0.25) is 0 Å². The van der Waals surface area contributed by atoms with Crippen LogP contribution in [0.3, 0.4) is 0 Å². The SMILES string of the molecule is Cc1cc2nc(C(F)(F)F)nn2cc1C=O. The Morgan fingerprint density at radius 2 is 2.12 bits per heavy atom. The molecule has 0 N–H and O–H groups in total. The van der Waals surface area contributed by atoms with Crippen molar-refractivity contribution < 1.29 is 18.0 Å². The third-order valence-corrected chi connectivity index (χ3v) is 2.10. The van der Waals surface area contributed by atoms with Gasteiger partial charge < -0.3 is 0 Å². The summed E-state index contributed by atoms with van der Waals surface area (Å²) in [7, 11) is 0. The van der Waals surface area contributed by atoms with Crippen LogP contribution in [0.25, 0.3) is 5.65 Å². The zero-order valence-electron chi connectivity index (χ0n) is 8.12. The molecule has 84 valence electrons. The van der Waals surface area contributed by atoms with E-state index < -0.39 is 12.0 Å². The summed E-state index contributed by atoms with van der Waals surface area (Å²) in [6.07, 6.45) is -2.80. The Morgan fingerprint density at radius 3 is 2.69 bits per heavy atom. The van der Waals surface area contributed by atoms with Gasteiger partial charge in [0.2, 0.25) is 0 Å². The number of halogens is 3. The molecule has 2 rings (SSSR count). The van der Waals surface area contributed by atoms with E-state index in [0.717, 1.165) is 4.52 Å². The lowest BCUT2D eigenvalue weighted by Gasteiger charge is -1.97. The molecule has 0 aliphatic rings. The number of hydrogen-bond acceptors (Lipinski definition) is 3. The van der Waals surface area contributed by atoms with Crippen molar-refractivity contribution in [2.45, 2.75) is 13.1 Å². The molecule has 0 unspecified atom stereocenters. The van der Waals surface area contributed by atoms with Crippen LogP contribution in [0.15, 0.2) is 12.3 Å².